The molecule has 0 N–H and O–H groups in total. The van der Waals surface area contributed by atoms with E-state index in [0.29, 0.717) is 5.75 Å². The Balaban J connectivity index is 1.92. The van der Waals surface area contributed by atoms with Gasteiger partial charge in [-0.1, -0.05) is 23.8 Å². The van der Waals surface area contributed by atoms with Gasteiger partial charge in [-0.3, -0.25) is 0 Å². The molecule has 0 radical (unpaired) electrons. The van der Waals surface area contributed by atoms with Crippen LogP contribution in [-0.4, -0.2) is 18.1 Å². The van der Waals surface area contributed by atoms with Crippen molar-refractivity contribution in [2.45, 2.75) is 20.8 Å². The van der Waals surface area contributed by atoms with Crippen molar-refractivity contribution in [1.82, 2.24) is 4.98 Å². The van der Waals surface area contributed by atoms with Crippen LogP contribution in [0.3, 0.4) is 0 Å². The van der Waals surface area contributed by atoms with Crippen LogP contribution in [-0.2, 0) is 0 Å². The summed E-state index contributed by atoms with van der Waals surface area (Å²) in [5.41, 5.74) is 4.02. The summed E-state index contributed by atoms with van der Waals surface area (Å²) < 4.78 is 10.8. The average Bonchev–Trinajstić information content (AvgIpc) is 2.56. The van der Waals surface area contributed by atoms with E-state index in [2.05, 4.69) is 4.98 Å². The summed E-state index contributed by atoms with van der Waals surface area (Å²) in [6.45, 7) is 5.89. The van der Waals surface area contributed by atoms with Crippen LogP contribution in [0.4, 0.5) is 0 Å². The van der Waals surface area contributed by atoms with E-state index in [4.69, 9.17) is 9.47 Å². The standard InChI is InChI=1S/C20H19NO3/c1-12-9-13(2)19(14(3)10-12)24-20(22)18-7-5-15-11-16(23-4)6-8-17(15)21-18/h5-11H,1-4H3. The topological polar surface area (TPSA) is 48.4 Å². The van der Waals surface area contributed by atoms with Crippen molar-refractivity contribution in [3.8, 4) is 11.5 Å². The summed E-state index contributed by atoms with van der Waals surface area (Å²) in [5.74, 6) is 0.899. The van der Waals surface area contributed by atoms with Gasteiger partial charge in [-0.05, 0) is 56.2 Å². The summed E-state index contributed by atoms with van der Waals surface area (Å²) in [7, 11) is 1.62. The van der Waals surface area contributed by atoms with Crippen molar-refractivity contribution in [1.29, 1.82) is 0 Å². The summed E-state index contributed by atoms with van der Waals surface area (Å²) >= 11 is 0. The van der Waals surface area contributed by atoms with Crippen LogP contribution in [0.5, 0.6) is 11.5 Å². The summed E-state index contributed by atoms with van der Waals surface area (Å²) in [4.78, 5) is 16.9. The van der Waals surface area contributed by atoms with E-state index in [1.54, 1.807) is 13.2 Å². The molecule has 4 heteroatoms. The molecule has 0 aliphatic heterocycles. The molecule has 0 fully saturated rings. The van der Waals surface area contributed by atoms with Gasteiger partial charge in [0.1, 0.15) is 17.2 Å². The van der Waals surface area contributed by atoms with Gasteiger partial charge in [-0.25, -0.2) is 9.78 Å². The van der Waals surface area contributed by atoms with E-state index < -0.39 is 5.97 Å². The van der Waals surface area contributed by atoms with Crippen LogP contribution < -0.4 is 9.47 Å². The molecule has 0 saturated heterocycles. The van der Waals surface area contributed by atoms with Gasteiger partial charge in [0.25, 0.3) is 0 Å². The van der Waals surface area contributed by atoms with E-state index in [1.165, 1.54) is 0 Å². The molecule has 122 valence electrons. The van der Waals surface area contributed by atoms with Gasteiger partial charge in [-0.2, -0.15) is 0 Å². The van der Waals surface area contributed by atoms with Crippen LogP contribution in [0.2, 0.25) is 0 Å². The fourth-order valence-electron chi connectivity index (χ4n) is 2.82. The Morgan fingerprint density at radius 1 is 0.958 bits per heavy atom. The molecular formula is C20H19NO3. The number of carbonyl (C=O) groups excluding carboxylic acids is 1. The molecule has 0 aliphatic carbocycles. The molecule has 0 aliphatic rings. The largest absolute Gasteiger partial charge is 0.497 e. The first-order chi connectivity index (χ1) is 11.5. The Morgan fingerprint density at radius 2 is 1.67 bits per heavy atom. The molecule has 2 aromatic carbocycles. The van der Waals surface area contributed by atoms with Crippen molar-refractivity contribution >= 4 is 16.9 Å². The lowest BCUT2D eigenvalue weighted by molar-refractivity contribution is 0.0726. The van der Waals surface area contributed by atoms with Gasteiger partial charge in [0, 0.05) is 5.39 Å². The highest BCUT2D eigenvalue weighted by Crippen LogP contribution is 2.26. The van der Waals surface area contributed by atoms with Crippen LogP contribution in [0.15, 0.2) is 42.5 Å². The molecular weight excluding hydrogens is 302 g/mol. The summed E-state index contributed by atoms with van der Waals surface area (Å²) in [6.07, 6.45) is 0. The third-order valence-electron chi connectivity index (χ3n) is 3.90. The Morgan fingerprint density at radius 3 is 2.33 bits per heavy atom. The van der Waals surface area contributed by atoms with Gasteiger partial charge in [0.05, 0.1) is 12.6 Å². The third kappa shape index (κ3) is 3.08. The van der Waals surface area contributed by atoms with Crippen molar-refractivity contribution in [2.75, 3.05) is 7.11 Å². The number of hydrogen-bond acceptors (Lipinski definition) is 4. The van der Waals surface area contributed by atoms with Crippen LogP contribution in [0, 0.1) is 20.8 Å². The van der Waals surface area contributed by atoms with E-state index in [1.807, 2.05) is 57.2 Å². The first-order valence-corrected chi connectivity index (χ1v) is 7.73. The smallest absolute Gasteiger partial charge is 0.362 e. The fourth-order valence-corrected chi connectivity index (χ4v) is 2.82. The zero-order chi connectivity index (χ0) is 17.3. The van der Waals surface area contributed by atoms with Crippen molar-refractivity contribution in [3.63, 3.8) is 0 Å². The molecule has 24 heavy (non-hydrogen) atoms. The lowest BCUT2D eigenvalue weighted by atomic mass is 10.1. The molecule has 1 heterocycles. The Kier molecular flexibility index (Phi) is 4.21. The van der Waals surface area contributed by atoms with E-state index >= 15 is 0 Å². The first kappa shape index (κ1) is 16.0. The maximum atomic E-state index is 12.5. The van der Waals surface area contributed by atoms with Crippen LogP contribution in [0.1, 0.15) is 27.2 Å². The predicted molar refractivity (Wildman–Crippen MR) is 93.9 cm³/mol. The molecule has 0 saturated carbocycles. The average molecular weight is 321 g/mol. The number of fused-ring (bicyclic) bond motifs is 1. The van der Waals surface area contributed by atoms with Crippen molar-refractivity contribution in [3.05, 3.63) is 64.8 Å². The maximum Gasteiger partial charge on any atom is 0.362 e. The van der Waals surface area contributed by atoms with Gasteiger partial charge in [0.2, 0.25) is 0 Å². The maximum absolute atomic E-state index is 12.5. The van der Waals surface area contributed by atoms with Crippen LogP contribution >= 0.6 is 0 Å². The summed E-state index contributed by atoms with van der Waals surface area (Å²) in [5, 5.41) is 0.911. The number of carbonyl (C=O) groups is 1. The zero-order valence-electron chi connectivity index (χ0n) is 14.2. The lowest BCUT2D eigenvalue weighted by Crippen LogP contribution is -2.12. The molecule has 3 rings (SSSR count). The van der Waals surface area contributed by atoms with E-state index in [9.17, 15) is 4.79 Å². The number of esters is 1. The fraction of sp³-hybridized carbons (Fsp3) is 0.200. The number of pyridine rings is 1. The second-order valence-electron chi connectivity index (χ2n) is 5.87. The number of ether oxygens (including phenoxy) is 2. The minimum atomic E-state index is -0.456. The third-order valence-corrected chi connectivity index (χ3v) is 3.90. The molecule has 0 amide bonds. The number of rotatable bonds is 3. The first-order valence-electron chi connectivity index (χ1n) is 7.73. The van der Waals surface area contributed by atoms with Gasteiger partial charge >= 0.3 is 5.97 Å². The minimum Gasteiger partial charge on any atom is -0.497 e. The molecule has 0 atom stereocenters. The number of hydrogen-bond donors (Lipinski definition) is 0. The van der Waals surface area contributed by atoms with Gasteiger partial charge in [-0.15, -0.1) is 0 Å². The zero-order valence-corrected chi connectivity index (χ0v) is 14.2. The van der Waals surface area contributed by atoms with Gasteiger partial charge < -0.3 is 9.47 Å². The highest BCUT2D eigenvalue weighted by atomic mass is 16.5. The number of methoxy groups -OCH3 is 1. The molecule has 3 aromatic rings. The summed E-state index contributed by atoms with van der Waals surface area (Å²) in [6, 6.07) is 13.0. The second kappa shape index (κ2) is 6.32. The molecule has 1 aromatic heterocycles. The number of aryl methyl sites for hydroxylation is 3. The highest BCUT2D eigenvalue weighted by Gasteiger charge is 2.14. The predicted octanol–water partition coefficient (Wildman–Crippen LogP) is 4.39. The Labute approximate surface area is 141 Å². The van der Waals surface area contributed by atoms with E-state index in [0.717, 1.165) is 33.3 Å². The molecule has 4 nitrogen and oxygen atoms in total. The Bertz CT molecular complexity index is 908. The normalized spacial score (nSPS) is 10.7. The second-order valence-corrected chi connectivity index (χ2v) is 5.87. The minimum absolute atomic E-state index is 0.284. The van der Waals surface area contributed by atoms with E-state index in [-0.39, 0.29) is 5.69 Å². The van der Waals surface area contributed by atoms with Crippen molar-refractivity contribution < 1.29 is 14.3 Å². The van der Waals surface area contributed by atoms with Crippen LogP contribution in [0.25, 0.3) is 10.9 Å². The molecule has 0 unspecified atom stereocenters. The molecule has 0 spiro atoms. The monoisotopic (exact) mass is 321 g/mol. The Hall–Kier alpha value is -2.88. The number of benzene rings is 2. The van der Waals surface area contributed by atoms with Crippen molar-refractivity contribution in [2.24, 2.45) is 0 Å². The number of aromatic nitrogens is 1. The molecule has 0 bridgehead atoms. The number of nitrogens with zero attached hydrogens (tertiary/aromatic N) is 1. The highest BCUT2D eigenvalue weighted by molar-refractivity contribution is 5.92. The quantitative estimate of drug-likeness (QED) is 0.530. The SMILES string of the molecule is COc1ccc2nc(C(=O)Oc3c(C)cc(C)cc3C)ccc2c1. The lowest BCUT2D eigenvalue weighted by Gasteiger charge is -2.11. The van der Waals surface area contributed by atoms with Gasteiger partial charge in [0.15, 0.2) is 0 Å².